The maximum Gasteiger partial charge on any atom is 0.152 e. The summed E-state index contributed by atoms with van der Waals surface area (Å²) in [7, 11) is 0. The smallest absolute Gasteiger partial charge is 0.152 e. The highest BCUT2D eigenvalue weighted by atomic mass is 32.1. The molecule has 9 heavy (non-hydrogen) atoms. The van der Waals surface area contributed by atoms with E-state index in [2.05, 4.69) is 10.5 Å². The van der Waals surface area contributed by atoms with Gasteiger partial charge in [-0.3, -0.25) is 0 Å². The number of aromatic nitrogens is 1. The standard InChI is InChI=1S/C6H6NOS/c1-2-8-3-6-5(1)7-4-9-6/h1-3H2. The zero-order chi connectivity index (χ0) is 6.10. The molecule has 0 N–H and O–H groups in total. The third-order valence-corrected chi connectivity index (χ3v) is 2.17. The minimum Gasteiger partial charge on any atom is -0.375 e. The van der Waals surface area contributed by atoms with Gasteiger partial charge in [0.05, 0.1) is 23.8 Å². The summed E-state index contributed by atoms with van der Waals surface area (Å²) < 4.78 is 5.20. The molecular formula is C6H6NOS. The molecule has 3 heteroatoms. The van der Waals surface area contributed by atoms with Gasteiger partial charge in [0.1, 0.15) is 0 Å². The molecule has 2 heterocycles. The van der Waals surface area contributed by atoms with Crippen molar-refractivity contribution in [1.29, 1.82) is 0 Å². The number of ether oxygens (including phenoxy) is 1. The van der Waals surface area contributed by atoms with Crippen molar-refractivity contribution in [3.05, 3.63) is 16.1 Å². The topological polar surface area (TPSA) is 22.1 Å². The van der Waals surface area contributed by atoms with Crippen LogP contribution in [0.15, 0.2) is 0 Å². The summed E-state index contributed by atoms with van der Waals surface area (Å²) in [5.74, 6) is 0. The fraction of sp³-hybridized carbons (Fsp3) is 0.500. The predicted molar refractivity (Wildman–Crippen MR) is 34.3 cm³/mol. The molecule has 2 nitrogen and oxygen atoms in total. The van der Waals surface area contributed by atoms with Crippen LogP contribution in [0.25, 0.3) is 0 Å². The van der Waals surface area contributed by atoms with Crippen LogP contribution in [0.3, 0.4) is 0 Å². The molecule has 1 aromatic rings. The van der Waals surface area contributed by atoms with E-state index in [0.29, 0.717) is 0 Å². The van der Waals surface area contributed by atoms with Gasteiger partial charge in [0.15, 0.2) is 5.51 Å². The minimum atomic E-state index is 0.747. The molecule has 1 aliphatic rings. The third-order valence-electron chi connectivity index (χ3n) is 1.39. The summed E-state index contributed by atoms with van der Waals surface area (Å²) in [4.78, 5) is 5.32. The molecule has 47 valence electrons. The normalized spacial score (nSPS) is 17.3. The lowest BCUT2D eigenvalue weighted by atomic mass is 10.2. The molecule has 0 aromatic carbocycles. The van der Waals surface area contributed by atoms with Gasteiger partial charge in [-0.25, -0.2) is 4.98 Å². The first-order chi connectivity index (χ1) is 4.47. The van der Waals surface area contributed by atoms with E-state index in [1.54, 1.807) is 11.3 Å². The van der Waals surface area contributed by atoms with E-state index < -0.39 is 0 Å². The van der Waals surface area contributed by atoms with Crippen molar-refractivity contribution in [2.45, 2.75) is 13.0 Å². The van der Waals surface area contributed by atoms with Gasteiger partial charge in [-0.1, -0.05) is 0 Å². The van der Waals surface area contributed by atoms with Gasteiger partial charge < -0.3 is 4.74 Å². The Hall–Kier alpha value is -0.410. The van der Waals surface area contributed by atoms with Crippen LogP contribution in [0.1, 0.15) is 10.6 Å². The van der Waals surface area contributed by atoms with Crippen LogP contribution >= 0.6 is 11.3 Å². The van der Waals surface area contributed by atoms with Gasteiger partial charge in [0.25, 0.3) is 0 Å². The van der Waals surface area contributed by atoms with Gasteiger partial charge >= 0.3 is 0 Å². The Balaban J connectivity index is 2.39. The second-order valence-electron chi connectivity index (χ2n) is 1.98. The number of thiazole rings is 1. The van der Waals surface area contributed by atoms with E-state index in [1.165, 1.54) is 10.6 Å². The second kappa shape index (κ2) is 2.08. The highest BCUT2D eigenvalue weighted by Crippen LogP contribution is 2.18. The Bertz CT molecular complexity index is 188. The largest absolute Gasteiger partial charge is 0.375 e. The van der Waals surface area contributed by atoms with Crippen molar-refractivity contribution in [2.24, 2.45) is 0 Å². The van der Waals surface area contributed by atoms with Crippen LogP contribution in [0, 0.1) is 5.51 Å². The summed E-state index contributed by atoms with van der Waals surface area (Å²) in [5, 5.41) is 0. The van der Waals surface area contributed by atoms with Crippen LogP contribution < -0.4 is 0 Å². The minimum absolute atomic E-state index is 0.747. The summed E-state index contributed by atoms with van der Waals surface area (Å²) in [6.07, 6.45) is 0.968. The number of hydrogen-bond donors (Lipinski definition) is 0. The molecule has 1 radical (unpaired) electrons. The van der Waals surface area contributed by atoms with Gasteiger partial charge in [0, 0.05) is 6.42 Å². The zero-order valence-electron chi connectivity index (χ0n) is 4.89. The van der Waals surface area contributed by atoms with Crippen LogP contribution in [0.2, 0.25) is 0 Å². The summed E-state index contributed by atoms with van der Waals surface area (Å²) in [6.45, 7) is 1.57. The lowest BCUT2D eigenvalue weighted by Crippen LogP contribution is -2.07. The highest BCUT2D eigenvalue weighted by Gasteiger charge is 2.10. The van der Waals surface area contributed by atoms with Crippen LogP contribution in [0.5, 0.6) is 0 Å². The fourth-order valence-corrected chi connectivity index (χ4v) is 1.57. The number of fused-ring (bicyclic) bond motifs is 1. The average molecular weight is 140 g/mol. The number of nitrogens with zero attached hydrogens (tertiary/aromatic N) is 1. The van der Waals surface area contributed by atoms with Crippen molar-refractivity contribution in [2.75, 3.05) is 6.61 Å². The van der Waals surface area contributed by atoms with Crippen molar-refractivity contribution >= 4 is 11.3 Å². The molecule has 0 aliphatic carbocycles. The van der Waals surface area contributed by atoms with E-state index in [1.807, 2.05) is 0 Å². The van der Waals surface area contributed by atoms with Crippen LogP contribution in [-0.4, -0.2) is 11.6 Å². The maximum atomic E-state index is 5.20. The van der Waals surface area contributed by atoms with Crippen molar-refractivity contribution in [3.8, 4) is 0 Å². The first-order valence-electron chi connectivity index (χ1n) is 2.89. The van der Waals surface area contributed by atoms with Crippen molar-refractivity contribution in [3.63, 3.8) is 0 Å². The second-order valence-corrected chi connectivity index (χ2v) is 2.86. The first kappa shape index (κ1) is 5.38. The Morgan fingerprint density at radius 3 is 3.56 bits per heavy atom. The SMILES string of the molecule is [c]1nc2c(s1)COCC2. The summed E-state index contributed by atoms with van der Waals surface area (Å²) in [5.41, 5.74) is 4.04. The predicted octanol–water partition coefficient (Wildman–Crippen LogP) is 1.02. The van der Waals surface area contributed by atoms with Crippen LogP contribution in [-0.2, 0) is 17.8 Å². The van der Waals surface area contributed by atoms with Crippen molar-refractivity contribution < 1.29 is 4.74 Å². The zero-order valence-corrected chi connectivity index (χ0v) is 5.70. The molecule has 0 saturated heterocycles. The summed E-state index contributed by atoms with van der Waals surface area (Å²) in [6, 6.07) is 0. The van der Waals surface area contributed by atoms with E-state index in [4.69, 9.17) is 4.74 Å². The lowest BCUT2D eigenvalue weighted by Gasteiger charge is -2.08. The maximum absolute atomic E-state index is 5.20. The molecule has 1 aliphatic heterocycles. The molecule has 0 unspecified atom stereocenters. The monoisotopic (exact) mass is 140 g/mol. The molecule has 0 saturated carbocycles. The van der Waals surface area contributed by atoms with Crippen LogP contribution in [0.4, 0.5) is 0 Å². The Morgan fingerprint density at radius 2 is 2.67 bits per heavy atom. The summed E-state index contributed by atoms with van der Waals surface area (Å²) >= 11 is 1.56. The molecule has 0 atom stereocenters. The molecule has 0 fully saturated rings. The van der Waals surface area contributed by atoms with Crippen molar-refractivity contribution in [1.82, 2.24) is 4.98 Å². The lowest BCUT2D eigenvalue weighted by molar-refractivity contribution is 0.112. The van der Waals surface area contributed by atoms with E-state index in [9.17, 15) is 0 Å². The molecule has 0 spiro atoms. The highest BCUT2D eigenvalue weighted by molar-refractivity contribution is 7.09. The molecular weight excluding hydrogens is 134 g/mol. The fourth-order valence-electron chi connectivity index (χ4n) is 0.896. The molecule has 1 aromatic heterocycles. The van der Waals surface area contributed by atoms with Gasteiger partial charge in [0.2, 0.25) is 0 Å². The third kappa shape index (κ3) is 0.862. The quantitative estimate of drug-likeness (QED) is 0.536. The number of rotatable bonds is 0. The first-order valence-corrected chi connectivity index (χ1v) is 3.71. The van der Waals surface area contributed by atoms with Gasteiger partial charge in [-0.15, -0.1) is 11.3 Å². The van der Waals surface area contributed by atoms with Gasteiger partial charge in [-0.2, -0.15) is 0 Å². The van der Waals surface area contributed by atoms with E-state index in [0.717, 1.165) is 19.6 Å². The van der Waals surface area contributed by atoms with Gasteiger partial charge in [-0.05, 0) is 0 Å². The molecule has 2 rings (SSSR count). The molecule has 0 amide bonds. The van der Waals surface area contributed by atoms with E-state index >= 15 is 0 Å². The average Bonchev–Trinajstić information content (AvgIpc) is 2.33. The Kier molecular flexibility index (Phi) is 1.24. The Labute approximate surface area is 57.5 Å². The number of hydrogen-bond acceptors (Lipinski definition) is 3. The van der Waals surface area contributed by atoms with E-state index in [-0.39, 0.29) is 0 Å². The Morgan fingerprint density at radius 1 is 1.67 bits per heavy atom. The molecule has 0 bridgehead atoms.